The smallest absolute Gasteiger partial charge is 0.280 e. The summed E-state index contributed by atoms with van der Waals surface area (Å²) in [5.41, 5.74) is 0.550. The lowest BCUT2D eigenvalue weighted by atomic mass is 10.1. The molecule has 7 heteroatoms. The van der Waals surface area contributed by atoms with E-state index in [4.69, 9.17) is 8.94 Å². The van der Waals surface area contributed by atoms with Crippen molar-refractivity contribution in [1.29, 1.82) is 0 Å². The molecule has 1 unspecified atom stereocenters. The highest BCUT2D eigenvalue weighted by molar-refractivity contribution is 5.79. The monoisotopic (exact) mass is 276 g/mol. The Kier molecular flexibility index (Phi) is 3.04. The van der Waals surface area contributed by atoms with E-state index in [0.29, 0.717) is 36.1 Å². The van der Waals surface area contributed by atoms with E-state index in [1.807, 2.05) is 18.7 Å². The lowest BCUT2D eigenvalue weighted by Gasteiger charge is -2.20. The maximum absolute atomic E-state index is 11.9. The molecular formula is C13H16N4O3. The van der Waals surface area contributed by atoms with Crippen molar-refractivity contribution < 1.29 is 13.7 Å². The molecule has 1 aliphatic rings. The Balaban J connectivity index is 1.82. The Morgan fingerprint density at radius 3 is 2.85 bits per heavy atom. The van der Waals surface area contributed by atoms with Crippen LogP contribution in [0.1, 0.15) is 37.8 Å². The summed E-state index contributed by atoms with van der Waals surface area (Å²) in [4.78, 5) is 22.1. The van der Waals surface area contributed by atoms with Crippen molar-refractivity contribution in [1.82, 2.24) is 20.0 Å². The first-order valence-electron chi connectivity index (χ1n) is 6.59. The second-order valence-electron chi connectivity index (χ2n) is 5.26. The van der Waals surface area contributed by atoms with E-state index in [1.165, 1.54) is 6.39 Å². The number of rotatable bonds is 3. The van der Waals surface area contributed by atoms with Gasteiger partial charge in [-0.2, -0.15) is 4.98 Å². The van der Waals surface area contributed by atoms with Crippen LogP contribution in [0, 0.1) is 6.92 Å². The van der Waals surface area contributed by atoms with Gasteiger partial charge in [0.2, 0.25) is 5.91 Å². The molecular weight excluding hydrogens is 260 g/mol. The van der Waals surface area contributed by atoms with Crippen molar-refractivity contribution in [3.63, 3.8) is 0 Å². The summed E-state index contributed by atoms with van der Waals surface area (Å²) >= 11 is 0. The summed E-state index contributed by atoms with van der Waals surface area (Å²) in [6, 6.07) is 0.191. The SMILES string of the molecule is Cc1ocnc1-c1nc(C2CC(=O)N(C(C)C)C2)no1. The Bertz CT molecular complexity index is 631. The molecule has 0 radical (unpaired) electrons. The number of aryl methyl sites for hydroxylation is 1. The van der Waals surface area contributed by atoms with Crippen molar-refractivity contribution >= 4 is 5.91 Å². The summed E-state index contributed by atoms with van der Waals surface area (Å²) in [5.74, 6) is 1.63. The van der Waals surface area contributed by atoms with Crippen molar-refractivity contribution in [2.45, 2.75) is 39.2 Å². The normalized spacial score (nSPS) is 19.3. The molecule has 1 fully saturated rings. The highest BCUT2D eigenvalue weighted by Crippen LogP contribution is 2.29. The van der Waals surface area contributed by atoms with E-state index in [1.54, 1.807) is 6.92 Å². The third-order valence-electron chi connectivity index (χ3n) is 3.54. The minimum atomic E-state index is -0.0189. The molecule has 1 amide bonds. The maximum Gasteiger partial charge on any atom is 0.280 e. The topological polar surface area (TPSA) is 85.3 Å². The average molecular weight is 276 g/mol. The van der Waals surface area contributed by atoms with Crippen molar-refractivity contribution in [2.75, 3.05) is 6.54 Å². The van der Waals surface area contributed by atoms with Crippen LogP contribution in [0.4, 0.5) is 0 Å². The van der Waals surface area contributed by atoms with E-state index in [-0.39, 0.29) is 17.9 Å². The van der Waals surface area contributed by atoms with Crippen LogP contribution in [0.3, 0.4) is 0 Å². The summed E-state index contributed by atoms with van der Waals surface area (Å²) < 4.78 is 10.3. The molecule has 20 heavy (non-hydrogen) atoms. The largest absolute Gasteiger partial charge is 0.448 e. The Labute approximate surface area is 116 Å². The van der Waals surface area contributed by atoms with Crippen molar-refractivity contribution in [2.24, 2.45) is 0 Å². The zero-order valence-corrected chi connectivity index (χ0v) is 11.7. The number of oxazole rings is 1. The minimum Gasteiger partial charge on any atom is -0.448 e. The second kappa shape index (κ2) is 4.73. The third kappa shape index (κ3) is 2.09. The molecule has 0 aromatic carbocycles. The molecule has 2 aromatic rings. The predicted octanol–water partition coefficient (Wildman–Crippen LogP) is 1.76. The summed E-state index contributed by atoms with van der Waals surface area (Å²) in [7, 11) is 0. The molecule has 3 heterocycles. The van der Waals surface area contributed by atoms with Gasteiger partial charge < -0.3 is 13.8 Å². The van der Waals surface area contributed by atoms with Crippen LogP contribution < -0.4 is 0 Å². The molecule has 3 rings (SSSR count). The number of carbonyl (C=O) groups is 1. The third-order valence-corrected chi connectivity index (χ3v) is 3.54. The Morgan fingerprint density at radius 2 is 2.25 bits per heavy atom. The van der Waals surface area contributed by atoms with Crippen LogP contribution in [-0.4, -0.2) is 38.5 Å². The van der Waals surface area contributed by atoms with Gasteiger partial charge in [0.1, 0.15) is 5.76 Å². The molecule has 0 spiro atoms. The van der Waals surface area contributed by atoms with Gasteiger partial charge in [-0.05, 0) is 20.8 Å². The highest BCUT2D eigenvalue weighted by Gasteiger charge is 2.35. The quantitative estimate of drug-likeness (QED) is 0.849. The molecule has 0 bridgehead atoms. The average Bonchev–Trinajstić information content (AvgIpc) is 3.07. The first-order chi connectivity index (χ1) is 9.56. The molecule has 0 aliphatic carbocycles. The molecule has 106 valence electrons. The molecule has 2 aromatic heterocycles. The fourth-order valence-corrected chi connectivity index (χ4v) is 2.41. The Morgan fingerprint density at radius 1 is 1.45 bits per heavy atom. The zero-order valence-electron chi connectivity index (χ0n) is 11.7. The molecule has 1 saturated heterocycles. The van der Waals surface area contributed by atoms with Crippen LogP contribution in [0.2, 0.25) is 0 Å². The van der Waals surface area contributed by atoms with Crippen molar-refractivity contribution in [3.05, 3.63) is 18.0 Å². The molecule has 1 aliphatic heterocycles. The highest BCUT2D eigenvalue weighted by atomic mass is 16.5. The summed E-state index contributed by atoms with van der Waals surface area (Å²) in [5, 5.41) is 3.98. The predicted molar refractivity (Wildman–Crippen MR) is 68.7 cm³/mol. The molecule has 1 atom stereocenters. The van der Waals surface area contributed by atoms with E-state index >= 15 is 0 Å². The second-order valence-corrected chi connectivity index (χ2v) is 5.26. The minimum absolute atomic E-state index is 0.0189. The number of aromatic nitrogens is 3. The summed E-state index contributed by atoms with van der Waals surface area (Å²) in [6.45, 7) is 6.42. The Hall–Kier alpha value is -2.18. The van der Waals surface area contributed by atoms with Gasteiger partial charge in [0.25, 0.3) is 5.89 Å². The van der Waals surface area contributed by atoms with Gasteiger partial charge in [-0.25, -0.2) is 4.98 Å². The standard InChI is InChI=1S/C13H16N4O3/c1-7(2)17-5-9(4-10(17)18)12-15-13(20-16-12)11-8(3)19-6-14-11/h6-7,9H,4-5H2,1-3H3. The van der Waals surface area contributed by atoms with Gasteiger partial charge in [0, 0.05) is 24.9 Å². The first kappa shape index (κ1) is 12.8. The van der Waals surface area contributed by atoms with E-state index in [2.05, 4.69) is 15.1 Å². The van der Waals surface area contributed by atoms with E-state index in [0.717, 1.165) is 0 Å². The number of hydrogen-bond donors (Lipinski definition) is 0. The van der Waals surface area contributed by atoms with Crippen LogP contribution in [0.25, 0.3) is 11.6 Å². The fraction of sp³-hybridized carbons (Fsp3) is 0.538. The van der Waals surface area contributed by atoms with Gasteiger partial charge in [0.15, 0.2) is 17.9 Å². The van der Waals surface area contributed by atoms with Gasteiger partial charge in [-0.1, -0.05) is 5.16 Å². The van der Waals surface area contributed by atoms with Crippen LogP contribution in [0.5, 0.6) is 0 Å². The van der Waals surface area contributed by atoms with Gasteiger partial charge in [-0.3, -0.25) is 4.79 Å². The van der Waals surface area contributed by atoms with Crippen LogP contribution in [-0.2, 0) is 4.79 Å². The zero-order chi connectivity index (χ0) is 14.3. The van der Waals surface area contributed by atoms with Crippen LogP contribution >= 0.6 is 0 Å². The molecule has 0 N–H and O–H groups in total. The first-order valence-corrected chi connectivity index (χ1v) is 6.59. The lowest BCUT2D eigenvalue weighted by Crippen LogP contribution is -2.31. The number of carbonyl (C=O) groups excluding carboxylic acids is 1. The number of amides is 1. The number of hydrogen-bond acceptors (Lipinski definition) is 6. The van der Waals surface area contributed by atoms with Gasteiger partial charge >= 0.3 is 0 Å². The number of nitrogens with zero attached hydrogens (tertiary/aromatic N) is 4. The molecule has 7 nitrogen and oxygen atoms in total. The fourth-order valence-electron chi connectivity index (χ4n) is 2.41. The van der Waals surface area contributed by atoms with E-state index in [9.17, 15) is 4.79 Å². The van der Waals surface area contributed by atoms with Crippen molar-refractivity contribution in [3.8, 4) is 11.6 Å². The maximum atomic E-state index is 11.9. The molecule has 0 saturated carbocycles. The van der Waals surface area contributed by atoms with Gasteiger partial charge in [0.05, 0.1) is 0 Å². The summed E-state index contributed by atoms with van der Waals surface area (Å²) in [6.07, 6.45) is 1.77. The lowest BCUT2D eigenvalue weighted by molar-refractivity contribution is -0.129. The number of likely N-dealkylation sites (tertiary alicyclic amines) is 1. The van der Waals surface area contributed by atoms with Gasteiger partial charge in [-0.15, -0.1) is 0 Å². The van der Waals surface area contributed by atoms with Crippen LogP contribution in [0.15, 0.2) is 15.3 Å². The van der Waals surface area contributed by atoms with E-state index < -0.39 is 0 Å².